The lowest BCUT2D eigenvalue weighted by Gasteiger charge is -2.22. The topological polar surface area (TPSA) is 84.7 Å². The minimum Gasteiger partial charge on any atom is -0.316 e. The van der Waals surface area contributed by atoms with E-state index in [9.17, 15) is 4.79 Å². The molecule has 0 spiro atoms. The zero-order chi connectivity index (χ0) is 16.5. The summed E-state index contributed by atoms with van der Waals surface area (Å²) in [6.07, 6.45) is 9.25. The van der Waals surface area contributed by atoms with E-state index in [1.54, 1.807) is 30.3 Å². The second-order valence-corrected chi connectivity index (χ2v) is 7.00. The van der Waals surface area contributed by atoms with Crippen LogP contribution < -0.4 is 10.6 Å². The number of aromatic nitrogens is 4. The fourth-order valence-electron chi connectivity index (χ4n) is 3.04. The molecule has 1 aliphatic heterocycles. The van der Waals surface area contributed by atoms with Crippen LogP contribution in [0.5, 0.6) is 0 Å². The largest absolute Gasteiger partial charge is 0.316 e. The minimum absolute atomic E-state index is 0.198. The highest BCUT2D eigenvalue weighted by atomic mass is 32.1. The number of thiazole rings is 1. The Kier molecular flexibility index (Phi) is 3.99. The van der Waals surface area contributed by atoms with E-state index in [4.69, 9.17) is 0 Å². The van der Waals surface area contributed by atoms with Crippen molar-refractivity contribution >= 4 is 32.6 Å². The number of anilines is 1. The van der Waals surface area contributed by atoms with Crippen LogP contribution in [-0.2, 0) is 7.05 Å². The van der Waals surface area contributed by atoms with E-state index in [1.807, 2.05) is 6.20 Å². The van der Waals surface area contributed by atoms with Crippen molar-refractivity contribution in [1.29, 1.82) is 0 Å². The average Bonchev–Trinajstić information content (AvgIpc) is 3.21. The van der Waals surface area contributed by atoms with Crippen molar-refractivity contribution in [1.82, 2.24) is 25.1 Å². The third kappa shape index (κ3) is 2.90. The van der Waals surface area contributed by atoms with Crippen molar-refractivity contribution in [2.75, 3.05) is 18.4 Å². The van der Waals surface area contributed by atoms with Crippen LogP contribution in [0.1, 0.15) is 34.7 Å². The predicted molar refractivity (Wildman–Crippen MR) is 93.4 cm³/mol. The lowest BCUT2D eigenvalue weighted by molar-refractivity contribution is 0.102. The van der Waals surface area contributed by atoms with Gasteiger partial charge in [-0.1, -0.05) is 11.3 Å². The number of aryl methyl sites for hydroxylation is 1. The van der Waals surface area contributed by atoms with Gasteiger partial charge in [0.05, 0.1) is 22.7 Å². The molecule has 1 unspecified atom stereocenters. The molecule has 0 aliphatic carbocycles. The molecule has 1 atom stereocenters. The number of nitrogens with zero attached hydrogens (tertiary/aromatic N) is 4. The first-order valence-corrected chi connectivity index (χ1v) is 8.77. The smallest absolute Gasteiger partial charge is 0.260 e. The molecule has 24 heavy (non-hydrogen) atoms. The molecule has 0 saturated carbocycles. The molecule has 1 aliphatic rings. The number of hydrogen-bond donors (Lipinski definition) is 2. The lowest BCUT2D eigenvalue weighted by Crippen LogP contribution is -2.28. The molecule has 3 aromatic heterocycles. The zero-order valence-electron chi connectivity index (χ0n) is 13.3. The van der Waals surface area contributed by atoms with Crippen LogP contribution in [-0.4, -0.2) is 38.7 Å². The van der Waals surface area contributed by atoms with E-state index in [0.717, 1.165) is 29.7 Å². The molecular weight excluding hydrogens is 324 g/mol. The Hall–Kier alpha value is -2.32. The van der Waals surface area contributed by atoms with Gasteiger partial charge in [-0.3, -0.25) is 19.8 Å². The standard InChI is InChI=1S/C16H18N6OS/c1-22-9-11(6-19-22)15(23)21-16-20-13-8-18-7-12(14(13)24-16)10-3-2-4-17-5-10/h6-10,17H,2-5H2,1H3,(H,20,21,23). The summed E-state index contributed by atoms with van der Waals surface area (Å²) < 4.78 is 2.71. The molecule has 4 heterocycles. The van der Waals surface area contributed by atoms with Crippen molar-refractivity contribution in [3.05, 3.63) is 35.9 Å². The molecule has 1 saturated heterocycles. The normalized spacial score (nSPS) is 18.0. The SMILES string of the molecule is Cn1cc(C(=O)Nc2nc3cncc(C4CCCNC4)c3s2)cn1. The second kappa shape index (κ2) is 6.29. The van der Waals surface area contributed by atoms with Gasteiger partial charge in [0.2, 0.25) is 0 Å². The van der Waals surface area contributed by atoms with E-state index >= 15 is 0 Å². The zero-order valence-corrected chi connectivity index (χ0v) is 14.1. The molecule has 0 aromatic carbocycles. The molecule has 2 N–H and O–H groups in total. The van der Waals surface area contributed by atoms with Gasteiger partial charge in [0.1, 0.15) is 5.52 Å². The summed E-state index contributed by atoms with van der Waals surface area (Å²) in [4.78, 5) is 21.1. The number of hydrogen-bond acceptors (Lipinski definition) is 6. The number of nitrogens with one attached hydrogen (secondary N) is 2. The summed E-state index contributed by atoms with van der Waals surface area (Å²) in [7, 11) is 1.78. The quantitative estimate of drug-likeness (QED) is 0.762. The molecule has 0 bridgehead atoms. The first kappa shape index (κ1) is 15.2. The number of fused-ring (bicyclic) bond motifs is 1. The molecule has 0 radical (unpaired) electrons. The van der Waals surface area contributed by atoms with Crippen molar-refractivity contribution in [3.8, 4) is 0 Å². The van der Waals surface area contributed by atoms with E-state index in [2.05, 4.69) is 25.7 Å². The maximum Gasteiger partial charge on any atom is 0.260 e. The first-order chi connectivity index (χ1) is 11.7. The van der Waals surface area contributed by atoms with Crippen molar-refractivity contribution < 1.29 is 4.79 Å². The molecular formula is C16H18N6OS. The molecule has 4 rings (SSSR count). The lowest BCUT2D eigenvalue weighted by atomic mass is 9.93. The maximum atomic E-state index is 12.3. The van der Waals surface area contributed by atoms with E-state index in [-0.39, 0.29) is 5.91 Å². The van der Waals surface area contributed by atoms with Gasteiger partial charge in [-0.05, 0) is 30.9 Å². The molecule has 3 aromatic rings. The van der Waals surface area contributed by atoms with Crippen LogP contribution in [0, 0.1) is 0 Å². The van der Waals surface area contributed by atoms with Gasteiger partial charge < -0.3 is 5.32 Å². The summed E-state index contributed by atoms with van der Waals surface area (Å²) in [6, 6.07) is 0. The third-order valence-electron chi connectivity index (χ3n) is 4.25. The molecule has 7 nitrogen and oxygen atoms in total. The van der Waals surface area contributed by atoms with Crippen LogP contribution in [0.3, 0.4) is 0 Å². The van der Waals surface area contributed by atoms with Gasteiger partial charge in [0, 0.05) is 26.0 Å². The summed E-state index contributed by atoms with van der Waals surface area (Å²) >= 11 is 1.51. The van der Waals surface area contributed by atoms with Gasteiger partial charge in [-0.2, -0.15) is 5.10 Å². The highest BCUT2D eigenvalue weighted by Gasteiger charge is 2.20. The van der Waals surface area contributed by atoms with Crippen molar-refractivity contribution in [2.45, 2.75) is 18.8 Å². The summed E-state index contributed by atoms with van der Waals surface area (Å²) in [6.45, 7) is 2.05. The second-order valence-electron chi connectivity index (χ2n) is 6.00. The Morgan fingerprint density at radius 1 is 1.42 bits per heavy atom. The van der Waals surface area contributed by atoms with Gasteiger partial charge in [0.15, 0.2) is 5.13 Å². The first-order valence-electron chi connectivity index (χ1n) is 7.96. The van der Waals surface area contributed by atoms with Gasteiger partial charge >= 0.3 is 0 Å². The highest BCUT2D eigenvalue weighted by molar-refractivity contribution is 7.22. The number of rotatable bonds is 3. The van der Waals surface area contributed by atoms with Crippen molar-refractivity contribution in [3.63, 3.8) is 0 Å². The molecule has 8 heteroatoms. The van der Waals surface area contributed by atoms with Crippen molar-refractivity contribution in [2.24, 2.45) is 7.05 Å². The Balaban J connectivity index is 1.62. The summed E-state index contributed by atoms with van der Waals surface area (Å²) in [5.74, 6) is 0.258. The number of carbonyl (C=O) groups excluding carboxylic acids is 1. The van der Waals surface area contributed by atoms with Gasteiger partial charge in [0.25, 0.3) is 5.91 Å². The monoisotopic (exact) mass is 342 g/mol. The van der Waals surface area contributed by atoms with Gasteiger partial charge in [-0.15, -0.1) is 0 Å². The van der Waals surface area contributed by atoms with Crippen LogP contribution in [0.2, 0.25) is 0 Å². The number of piperidine rings is 1. The number of pyridine rings is 1. The summed E-state index contributed by atoms with van der Waals surface area (Å²) in [5.41, 5.74) is 2.58. The van der Waals surface area contributed by atoms with Crippen LogP contribution in [0.4, 0.5) is 5.13 Å². The average molecular weight is 342 g/mol. The third-order valence-corrected chi connectivity index (χ3v) is 5.29. The van der Waals surface area contributed by atoms with Crippen LogP contribution in [0.15, 0.2) is 24.8 Å². The number of amides is 1. The van der Waals surface area contributed by atoms with Gasteiger partial charge in [-0.25, -0.2) is 4.98 Å². The highest BCUT2D eigenvalue weighted by Crippen LogP contribution is 2.34. The van der Waals surface area contributed by atoms with Crippen LogP contribution >= 0.6 is 11.3 Å². The van der Waals surface area contributed by atoms with Crippen LogP contribution in [0.25, 0.3) is 10.2 Å². The molecule has 1 fully saturated rings. The molecule has 1 amide bonds. The Labute approximate surface area is 143 Å². The minimum atomic E-state index is -0.198. The predicted octanol–water partition coefficient (Wildman–Crippen LogP) is 2.14. The Morgan fingerprint density at radius 3 is 3.08 bits per heavy atom. The fraction of sp³-hybridized carbons (Fsp3) is 0.375. The number of carbonyl (C=O) groups is 1. The Bertz CT molecular complexity index is 880. The maximum absolute atomic E-state index is 12.3. The van der Waals surface area contributed by atoms with E-state index in [1.165, 1.54) is 23.3 Å². The molecule has 124 valence electrons. The fourth-order valence-corrected chi connectivity index (χ4v) is 4.06. The summed E-state index contributed by atoms with van der Waals surface area (Å²) in [5, 5.41) is 10.9. The Morgan fingerprint density at radius 2 is 2.33 bits per heavy atom. The van der Waals surface area contributed by atoms with E-state index in [0.29, 0.717) is 16.6 Å². The van der Waals surface area contributed by atoms with E-state index < -0.39 is 0 Å².